The Hall–Kier alpha value is -3.99. The third kappa shape index (κ3) is 4.87. The van der Waals surface area contributed by atoms with Crippen LogP contribution in [0.2, 0.25) is 0 Å². The highest BCUT2D eigenvalue weighted by atomic mass is 16.5. The molecule has 0 aliphatic heterocycles. The van der Waals surface area contributed by atoms with Gasteiger partial charge in [-0.25, -0.2) is 0 Å². The molecule has 36 heavy (non-hydrogen) atoms. The van der Waals surface area contributed by atoms with Crippen molar-refractivity contribution in [3.05, 3.63) is 89.2 Å². The van der Waals surface area contributed by atoms with E-state index in [0.29, 0.717) is 18.0 Å². The highest BCUT2D eigenvalue weighted by molar-refractivity contribution is 6.05. The van der Waals surface area contributed by atoms with Gasteiger partial charge in [-0.1, -0.05) is 18.2 Å². The molecule has 1 aliphatic rings. The van der Waals surface area contributed by atoms with Crippen LogP contribution in [0.25, 0.3) is 16.5 Å². The monoisotopic (exact) mass is 481 g/mol. The molecule has 5 rings (SSSR count). The number of carbonyl (C=O) groups is 1. The first-order valence-corrected chi connectivity index (χ1v) is 12.6. The number of furan rings is 1. The number of fused-ring (bicyclic) bond motifs is 3. The van der Waals surface area contributed by atoms with Gasteiger partial charge in [0, 0.05) is 40.3 Å². The van der Waals surface area contributed by atoms with Gasteiger partial charge < -0.3 is 19.2 Å². The lowest BCUT2D eigenvalue weighted by Gasteiger charge is -2.15. The van der Waals surface area contributed by atoms with E-state index >= 15 is 0 Å². The van der Waals surface area contributed by atoms with E-state index in [1.54, 1.807) is 6.08 Å². The molecule has 0 unspecified atom stereocenters. The Kier molecular flexibility index (Phi) is 6.81. The second-order valence-electron chi connectivity index (χ2n) is 9.15. The van der Waals surface area contributed by atoms with Crippen LogP contribution in [-0.2, 0) is 17.6 Å². The predicted molar refractivity (Wildman–Crippen MR) is 144 cm³/mol. The Balaban J connectivity index is 1.38. The smallest absolute Gasteiger partial charge is 0.248 e. The molecule has 0 bridgehead atoms. The van der Waals surface area contributed by atoms with E-state index in [1.165, 1.54) is 12.0 Å². The number of amides is 1. The first-order valence-electron chi connectivity index (χ1n) is 12.6. The molecule has 4 aromatic rings. The molecule has 0 atom stereocenters. The second-order valence-corrected chi connectivity index (χ2v) is 9.15. The van der Waals surface area contributed by atoms with Crippen LogP contribution < -0.4 is 14.8 Å². The fraction of sp³-hybridized carbons (Fsp3) is 0.258. The van der Waals surface area contributed by atoms with Crippen molar-refractivity contribution in [1.29, 1.82) is 0 Å². The van der Waals surface area contributed by atoms with Crippen LogP contribution in [0.4, 0.5) is 5.69 Å². The first-order chi connectivity index (χ1) is 17.5. The molecule has 0 saturated carbocycles. The lowest BCUT2D eigenvalue weighted by Crippen LogP contribution is -2.09. The molecular weight excluding hydrogens is 450 g/mol. The maximum Gasteiger partial charge on any atom is 0.248 e. The van der Waals surface area contributed by atoms with Gasteiger partial charge in [0.25, 0.3) is 0 Å². The van der Waals surface area contributed by atoms with Crippen molar-refractivity contribution < 1.29 is 18.7 Å². The molecule has 1 N–H and O–H groups in total. The Morgan fingerprint density at radius 2 is 1.75 bits per heavy atom. The molecule has 0 fully saturated rings. The van der Waals surface area contributed by atoms with Crippen molar-refractivity contribution in [2.24, 2.45) is 0 Å². The van der Waals surface area contributed by atoms with Gasteiger partial charge in [0.2, 0.25) is 5.91 Å². The summed E-state index contributed by atoms with van der Waals surface area (Å²) in [4.78, 5) is 12.9. The van der Waals surface area contributed by atoms with Crippen molar-refractivity contribution in [3.63, 3.8) is 0 Å². The van der Waals surface area contributed by atoms with Crippen LogP contribution in [0.15, 0.2) is 71.2 Å². The Morgan fingerprint density at radius 1 is 1.03 bits per heavy atom. The molecule has 5 heteroatoms. The van der Waals surface area contributed by atoms with E-state index in [4.69, 9.17) is 13.9 Å². The van der Waals surface area contributed by atoms with E-state index < -0.39 is 0 Å². The number of aryl methyl sites for hydroxylation is 3. The zero-order chi connectivity index (χ0) is 25.1. The quantitative estimate of drug-likeness (QED) is 0.273. The summed E-state index contributed by atoms with van der Waals surface area (Å²) < 4.78 is 18.1. The largest absolute Gasteiger partial charge is 0.493 e. The molecular formula is C31H31NO4. The third-order valence-electron chi connectivity index (χ3n) is 6.59. The minimum Gasteiger partial charge on any atom is -0.493 e. The van der Waals surface area contributed by atoms with Gasteiger partial charge in [0.15, 0.2) is 0 Å². The predicted octanol–water partition coefficient (Wildman–Crippen LogP) is 7.85. The molecule has 5 nitrogen and oxygen atoms in total. The molecule has 1 heterocycles. The van der Waals surface area contributed by atoms with E-state index in [9.17, 15) is 4.79 Å². The fourth-order valence-corrected chi connectivity index (χ4v) is 4.84. The molecule has 0 spiro atoms. The number of ether oxygens (including phenoxy) is 2. The number of nitrogens with one attached hydrogen (secondary N) is 1. The van der Waals surface area contributed by atoms with Gasteiger partial charge in [0.05, 0.1) is 6.61 Å². The summed E-state index contributed by atoms with van der Waals surface area (Å²) in [7, 11) is 0. The van der Waals surface area contributed by atoms with Gasteiger partial charge in [0.1, 0.15) is 28.6 Å². The Bertz CT molecular complexity index is 1410. The maximum atomic E-state index is 12.9. The number of hydrogen-bond acceptors (Lipinski definition) is 4. The molecule has 1 aliphatic carbocycles. The van der Waals surface area contributed by atoms with Crippen molar-refractivity contribution in [3.8, 4) is 17.2 Å². The lowest BCUT2D eigenvalue weighted by atomic mass is 9.93. The van der Waals surface area contributed by atoms with Crippen molar-refractivity contribution in [2.75, 3.05) is 11.9 Å². The van der Waals surface area contributed by atoms with Crippen molar-refractivity contribution >= 4 is 28.1 Å². The summed E-state index contributed by atoms with van der Waals surface area (Å²) in [6.45, 7) is 6.50. The molecule has 0 saturated heterocycles. The number of allylic oxidation sites excluding steroid dienone is 1. The molecule has 3 aromatic carbocycles. The number of hydrogen-bond donors (Lipinski definition) is 1. The van der Waals surface area contributed by atoms with Crippen LogP contribution in [-0.4, -0.2) is 12.5 Å². The summed E-state index contributed by atoms with van der Waals surface area (Å²) >= 11 is 0. The molecule has 1 amide bonds. The van der Waals surface area contributed by atoms with E-state index in [0.717, 1.165) is 64.2 Å². The van der Waals surface area contributed by atoms with Gasteiger partial charge in [-0.15, -0.1) is 0 Å². The first kappa shape index (κ1) is 23.7. The zero-order valence-corrected chi connectivity index (χ0v) is 21.0. The van der Waals surface area contributed by atoms with Crippen LogP contribution in [0.1, 0.15) is 49.1 Å². The topological polar surface area (TPSA) is 60.7 Å². The number of carbonyl (C=O) groups excluding carboxylic acids is 1. The summed E-state index contributed by atoms with van der Waals surface area (Å²) in [5.74, 6) is 3.15. The summed E-state index contributed by atoms with van der Waals surface area (Å²) in [5.41, 5.74) is 5.67. The SMILES string of the molecule is CCOc1c(/C(C)=C/C(=O)Nc2ccc(Oc3ccccc3)cc2)cc2c3c(oc2c1C)CCCC3. The number of benzene rings is 3. The minimum atomic E-state index is -0.196. The van der Waals surface area contributed by atoms with Gasteiger partial charge in [-0.2, -0.15) is 0 Å². The molecule has 0 radical (unpaired) electrons. The highest BCUT2D eigenvalue weighted by Gasteiger charge is 2.23. The highest BCUT2D eigenvalue weighted by Crippen LogP contribution is 2.41. The number of rotatable bonds is 7. The van der Waals surface area contributed by atoms with Crippen molar-refractivity contribution in [1.82, 2.24) is 0 Å². The minimum absolute atomic E-state index is 0.196. The molecule has 184 valence electrons. The maximum absolute atomic E-state index is 12.9. The summed E-state index contributed by atoms with van der Waals surface area (Å²) in [5, 5.41) is 4.09. The average molecular weight is 482 g/mol. The standard InChI is InChI=1S/C31H31NO4/c1-4-34-30-21(3)31-27(25-12-8-9-13-28(25)36-31)19-26(30)20(2)18-29(33)32-22-14-16-24(17-15-22)35-23-10-6-5-7-11-23/h5-7,10-11,14-19H,4,8-9,12-13H2,1-3H3,(H,32,33)/b20-18+. The zero-order valence-electron chi connectivity index (χ0n) is 21.0. The second kappa shape index (κ2) is 10.3. The van der Waals surface area contributed by atoms with Crippen molar-refractivity contribution in [2.45, 2.75) is 46.5 Å². The number of para-hydroxylation sites is 1. The van der Waals surface area contributed by atoms with Crippen LogP contribution in [0, 0.1) is 6.92 Å². The van der Waals surface area contributed by atoms with E-state index in [-0.39, 0.29) is 5.91 Å². The van der Waals surface area contributed by atoms with Gasteiger partial charge in [-0.05, 0) is 88.1 Å². The van der Waals surface area contributed by atoms with Crippen LogP contribution in [0.5, 0.6) is 17.2 Å². The van der Waals surface area contributed by atoms with Crippen LogP contribution in [0.3, 0.4) is 0 Å². The van der Waals surface area contributed by atoms with Gasteiger partial charge in [-0.3, -0.25) is 4.79 Å². The van der Waals surface area contributed by atoms with Gasteiger partial charge >= 0.3 is 0 Å². The van der Waals surface area contributed by atoms with E-state index in [2.05, 4.69) is 11.4 Å². The number of anilines is 1. The normalized spacial score (nSPS) is 13.4. The Labute approximate surface area is 211 Å². The van der Waals surface area contributed by atoms with E-state index in [1.807, 2.05) is 75.4 Å². The Morgan fingerprint density at radius 3 is 2.50 bits per heavy atom. The van der Waals surface area contributed by atoms with Crippen LogP contribution >= 0.6 is 0 Å². The fourth-order valence-electron chi connectivity index (χ4n) is 4.84. The molecule has 1 aromatic heterocycles. The summed E-state index contributed by atoms with van der Waals surface area (Å²) in [6, 6.07) is 19.1. The average Bonchev–Trinajstić information content (AvgIpc) is 3.26. The summed E-state index contributed by atoms with van der Waals surface area (Å²) in [6.07, 6.45) is 5.98. The third-order valence-corrected chi connectivity index (χ3v) is 6.59. The lowest BCUT2D eigenvalue weighted by molar-refractivity contribution is -0.111.